The van der Waals surface area contributed by atoms with E-state index in [0.717, 1.165) is 37.9 Å². The van der Waals surface area contributed by atoms with Gasteiger partial charge >= 0.3 is 0 Å². The van der Waals surface area contributed by atoms with Crippen molar-refractivity contribution in [2.75, 3.05) is 6.54 Å². The minimum absolute atomic E-state index is 0.285. The molecule has 22 heavy (non-hydrogen) atoms. The van der Waals surface area contributed by atoms with Gasteiger partial charge in [-0.2, -0.15) is 0 Å². The summed E-state index contributed by atoms with van der Waals surface area (Å²) in [5, 5.41) is 2.04. The third kappa shape index (κ3) is 3.95. The van der Waals surface area contributed by atoms with Crippen molar-refractivity contribution >= 4 is 17.2 Å². The van der Waals surface area contributed by atoms with E-state index in [9.17, 15) is 4.79 Å². The number of piperidine rings is 1. The van der Waals surface area contributed by atoms with Crippen LogP contribution in [0.2, 0.25) is 0 Å². The monoisotopic (exact) mass is 314 g/mol. The number of rotatable bonds is 5. The summed E-state index contributed by atoms with van der Waals surface area (Å²) >= 11 is 1.67. The van der Waals surface area contributed by atoms with Gasteiger partial charge < -0.3 is 4.90 Å². The highest BCUT2D eigenvalue weighted by atomic mass is 32.1. The zero-order valence-electron chi connectivity index (χ0n) is 12.8. The predicted octanol–water partition coefficient (Wildman–Crippen LogP) is 3.70. The zero-order chi connectivity index (χ0) is 15.2. The first-order valence-electron chi connectivity index (χ1n) is 8.04. The Labute approximate surface area is 136 Å². The van der Waals surface area contributed by atoms with Gasteiger partial charge in [0.1, 0.15) is 0 Å². The molecule has 4 heteroatoms. The van der Waals surface area contributed by atoms with Crippen LogP contribution in [0.3, 0.4) is 0 Å². The molecule has 0 bridgehead atoms. The molecule has 0 aromatic carbocycles. The molecule has 1 amide bonds. The van der Waals surface area contributed by atoms with Crippen molar-refractivity contribution in [2.24, 2.45) is 0 Å². The number of aromatic nitrogens is 1. The number of hydrogen-bond donors (Lipinski definition) is 0. The summed E-state index contributed by atoms with van der Waals surface area (Å²) in [6, 6.07) is 10.5. The average Bonchev–Trinajstić information content (AvgIpc) is 3.07. The zero-order valence-corrected chi connectivity index (χ0v) is 13.6. The van der Waals surface area contributed by atoms with Gasteiger partial charge in [0.05, 0.1) is 6.42 Å². The highest BCUT2D eigenvalue weighted by molar-refractivity contribution is 7.10. The largest absolute Gasteiger partial charge is 0.339 e. The Balaban J connectivity index is 1.59. The van der Waals surface area contributed by atoms with Crippen molar-refractivity contribution in [1.29, 1.82) is 0 Å². The fourth-order valence-electron chi connectivity index (χ4n) is 3.15. The average molecular weight is 314 g/mol. The van der Waals surface area contributed by atoms with E-state index < -0.39 is 0 Å². The maximum absolute atomic E-state index is 12.6. The van der Waals surface area contributed by atoms with Crippen LogP contribution in [0.4, 0.5) is 0 Å². The molecule has 2 aromatic heterocycles. The summed E-state index contributed by atoms with van der Waals surface area (Å²) < 4.78 is 0. The second kappa shape index (κ2) is 7.54. The Hall–Kier alpha value is -1.68. The number of aryl methyl sites for hydroxylation is 1. The molecule has 3 nitrogen and oxygen atoms in total. The quantitative estimate of drug-likeness (QED) is 0.843. The van der Waals surface area contributed by atoms with Gasteiger partial charge in [-0.1, -0.05) is 12.1 Å². The molecule has 0 aliphatic carbocycles. The Morgan fingerprint density at radius 3 is 3.00 bits per heavy atom. The summed E-state index contributed by atoms with van der Waals surface area (Å²) in [7, 11) is 0. The highest BCUT2D eigenvalue weighted by Gasteiger charge is 2.26. The molecule has 0 spiro atoms. The number of hydrogen-bond acceptors (Lipinski definition) is 3. The van der Waals surface area contributed by atoms with Gasteiger partial charge in [-0.15, -0.1) is 11.3 Å². The fraction of sp³-hybridized carbons (Fsp3) is 0.444. The lowest BCUT2D eigenvalue weighted by Crippen LogP contribution is -2.44. The van der Waals surface area contributed by atoms with E-state index in [-0.39, 0.29) is 5.91 Å². The van der Waals surface area contributed by atoms with E-state index in [1.807, 2.05) is 29.8 Å². The molecule has 1 saturated heterocycles. The molecule has 1 atom stereocenters. The maximum atomic E-state index is 12.6. The van der Waals surface area contributed by atoms with Crippen LogP contribution >= 0.6 is 11.3 Å². The molecular formula is C18H22N2OS. The van der Waals surface area contributed by atoms with Crippen LogP contribution in [0.15, 0.2) is 41.9 Å². The van der Waals surface area contributed by atoms with E-state index >= 15 is 0 Å². The van der Waals surface area contributed by atoms with Crippen LogP contribution in [-0.2, 0) is 17.6 Å². The van der Waals surface area contributed by atoms with Crippen LogP contribution in [0.1, 0.15) is 36.3 Å². The first kappa shape index (κ1) is 15.2. The van der Waals surface area contributed by atoms with Crippen molar-refractivity contribution in [2.45, 2.75) is 44.6 Å². The first-order chi connectivity index (χ1) is 10.8. The summed E-state index contributed by atoms with van der Waals surface area (Å²) in [4.78, 5) is 20.3. The summed E-state index contributed by atoms with van der Waals surface area (Å²) in [5.74, 6) is 0.285. The minimum Gasteiger partial charge on any atom is -0.339 e. The molecule has 3 heterocycles. The molecule has 0 radical (unpaired) electrons. The number of pyridine rings is 1. The molecule has 1 aliphatic heterocycles. The Bertz CT molecular complexity index is 582. The van der Waals surface area contributed by atoms with Crippen molar-refractivity contribution in [1.82, 2.24) is 9.88 Å². The smallest absolute Gasteiger partial charge is 0.228 e. The minimum atomic E-state index is 0.285. The molecule has 0 saturated carbocycles. The van der Waals surface area contributed by atoms with Crippen LogP contribution in [-0.4, -0.2) is 28.4 Å². The molecule has 2 aromatic rings. The fourth-order valence-corrected chi connectivity index (χ4v) is 3.85. The van der Waals surface area contributed by atoms with E-state index in [1.54, 1.807) is 11.3 Å². The summed E-state index contributed by atoms with van der Waals surface area (Å²) in [6.45, 7) is 0.914. The lowest BCUT2D eigenvalue weighted by Gasteiger charge is -2.36. The number of carbonyl (C=O) groups is 1. The Morgan fingerprint density at radius 1 is 1.27 bits per heavy atom. The molecule has 1 fully saturated rings. The number of thiophene rings is 1. The van der Waals surface area contributed by atoms with Crippen molar-refractivity contribution in [3.05, 3.63) is 52.5 Å². The molecular weight excluding hydrogens is 292 g/mol. The van der Waals surface area contributed by atoms with Gasteiger partial charge in [0.2, 0.25) is 5.91 Å². The molecule has 116 valence electrons. The normalized spacial score (nSPS) is 18.4. The third-order valence-electron chi connectivity index (χ3n) is 4.31. The Kier molecular flexibility index (Phi) is 5.22. The number of carbonyl (C=O) groups excluding carboxylic acids is 1. The van der Waals surface area contributed by atoms with Gasteiger partial charge in [-0.25, -0.2) is 0 Å². The topological polar surface area (TPSA) is 33.2 Å². The third-order valence-corrected chi connectivity index (χ3v) is 5.19. The Morgan fingerprint density at radius 2 is 2.23 bits per heavy atom. The van der Waals surface area contributed by atoms with Crippen LogP contribution in [0.5, 0.6) is 0 Å². The standard InChI is InChI=1S/C18H22N2OS/c21-18(14-17-8-5-13-22-17)20-12-4-2-7-16(20)10-9-15-6-1-3-11-19-15/h1,3,5-6,8,11,13,16H,2,4,7,9-10,12,14H2/t16-/m1/s1. The second-order valence-electron chi connectivity index (χ2n) is 5.85. The number of likely N-dealkylation sites (tertiary alicyclic amines) is 1. The van der Waals surface area contributed by atoms with Gasteiger partial charge in [0, 0.05) is 29.4 Å². The first-order valence-corrected chi connectivity index (χ1v) is 8.92. The van der Waals surface area contributed by atoms with Crippen molar-refractivity contribution in [3.63, 3.8) is 0 Å². The van der Waals surface area contributed by atoms with Crippen molar-refractivity contribution < 1.29 is 4.79 Å². The van der Waals surface area contributed by atoms with E-state index in [0.29, 0.717) is 12.5 Å². The summed E-state index contributed by atoms with van der Waals surface area (Å²) in [5.41, 5.74) is 1.12. The number of amides is 1. The SMILES string of the molecule is O=C(Cc1cccs1)N1CCCC[C@@H]1CCc1ccccn1. The molecule has 0 N–H and O–H groups in total. The van der Waals surface area contributed by atoms with Crippen LogP contribution in [0.25, 0.3) is 0 Å². The van der Waals surface area contributed by atoms with E-state index in [1.165, 1.54) is 11.3 Å². The van der Waals surface area contributed by atoms with Gasteiger partial charge in [-0.3, -0.25) is 9.78 Å². The summed E-state index contributed by atoms with van der Waals surface area (Å²) in [6.07, 6.45) is 7.87. The molecule has 0 unspecified atom stereocenters. The van der Waals surface area contributed by atoms with E-state index in [4.69, 9.17) is 0 Å². The highest BCUT2D eigenvalue weighted by Crippen LogP contribution is 2.23. The number of nitrogens with zero attached hydrogens (tertiary/aromatic N) is 2. The lowest BCUT2D eigenvalue weighted by atomic mass is 9.96. The lowest BCUT2D eigenvalue weighted by molar-refractivity contribution is -0.134. The van der Waals surface area contributed by atoms with E-state index in [2.05, 4.69) is 22.0 Å². The molecule has 1 aliphatic rings. The maximum Gasteiger partial charge on any atom is 0.228 e. The van der Waals surface area contributed by atoms with Crippen LogP contribution < -0.4 is 0 Å². The van der Waals surface area contributed by atoms with Crippen molar-refractivity contribution in [3.8, 4) is 0 Å². The van der Waals surface area contributed by atoms with Gasteiger partial charge in [0.25, 0.3) is 0 Å². The molecule has 3 rings (SSSR count). The van der Waals surface area contributed by atoms with Gasteiger partial charge in [-0.05, 0) is 55.7 Å². The predicted molar refractivity (Wildman–Crippen MR) is 89.9 cm³/mol. The van der Waals surface area contributed by atoms with Crippen LogP contribution in [0, 0.1) is 0 Å². The second-order valence-corrected chi connectivity index (χ2v) is 6.88. The van der Waals surface area contributed by atoms with Gasteiger partial charge in [0.15, 0.2) is 0 Å².